The van der Waals surface area contributed by atoms with Gasteiger partial charge in [0.25, 0.3) is 5.24 Å². The minimum atomic E-state index is -4.68. The maximum Gasteiger partial charge on any atom is 0.435 e. The number of benzene rings is 1. The fraction of sp³-hybridized carbons (Fsp3) is 0.0769. The Morgan fingerprint density at radius 3 is 2.55 bits per heavy atom. The van der Waals surface area contributed by atoms with E-state index in [4.69, 9.17) is 11.6 Å². The number of halogens is 4. The first-order chi connectivity index (χ1) is 9.38. The minimum Gasteiger partial charge on any atom is -0.353 e. The number of H-pyrrole nitrogens is 1. The van der Waals surface area contributed by atoms with Gasteiger partial charge in [-0.25, -0.2) is 4.98 Å². The van der Waals surface area contributed by atoms with Gasteiger partial charge >= 0.3 is 6.18 Å². The van der Waals surface area contributed by atoms with Crippen molar-refractivity contribution in [3.05, 3.63) is 41.7 Å². The average Bonchev–Trinajstić information content (AvgIpc) is 2.74. The van der Waals surface area contributed by atoms with E-state index in [2.05, 4.69) is 9.97 Å². The van der Waals surface area contributed by atoms with Crippen LogP contribution in [0.1, 0.15) is 16.2 Å². The second kappa shape index (κ2) is 4.21. The second-order valence-electron chi connectivity index (χ2n) is 4.22. The highest BCUT2D eigenvalue weighted by molar-refractivity contribution is 6.67. The molecule has 0 aliphatic carbocycles. The summed E-state index contributed by atoms with van der Waals surface area (Å²) in [6, 6.07) is 7.98. The maximum atomic E-state index is 13.1. The lowest BCUT2D eigenvalue weighted by atomic mass is 10.1. The maximum absolute atomic E-state index is 13.1. The van der Waals surface area contributed by atoms with Crippen molar-refractivity contribution in [1.82, 2.24) is 9.97 Å². The van der Waals surface area contributed by atoms with E-state index in [1.54, 1.807) is 24.3 Å². The first kappa shape index (κ1) is 12.9. The predicted octanol–water partition coefficient (Wildman–Crippen LogP) is 4.11. The summed E-state index contributed by atoms with van der Waals surface area (Å²) < 4.78 is 39.2. The second-order valence-corrected chi connectivity index (χ2v) is 4.56. The monoisotopic (exact) mass is 298 g/mol. The SMILES string of the molecule is O=C(Cl)c1cc2c([nH]c3ccccc32)c(C(F)(F)F)n1. The molecule has 2 heterocycles. The Labute approximate surface area is 115 Å². The summed E-state index contributed by atoms with van der Waals surface area (Å²) in [5.74, 6) is 0. The van der Waals surface area contributed by atoms with E-state index >= 15 is 0 Å². The van der Waals surface area contributed by atoms with Gasteiger partial charge in [-0.05, 0) is 23.7 Å². The van der Waals surface area contributed by atoms with E-state index in [1.807, 2.05) is 0 Å². The zero-order valence-electron chi connectivity index (χ0n) is 9.75. The Bertz CT molecular complexity index is 839. The van der Waals surface area contributed by atoms with Crippen molar-refractivity contribution in [3.63, 3.8) is 0 Å². The molecule has 0 radical (unpaired) electrons. The van der Waals surface area contributed by atoms with Crippen molar-refractivity contribution in [1.29, 1.82) is 0 Å². The number of nitrogens with one attached hydrogen (secondary N) is 1. The average molecular weight is 299 g/mol. The minimum absolute atomic E-state index is 0.152. The number of hydrogen-bond acceptors (Lipinski definition) is 2. The molecule has 0 aliphatic heterocycles. The summed E-state index contributed by atoms with van der Waals surface area (Å²) >= 11 is 5.26. The zero-order chi connectivity index (χ0) is 14.5. The molecular formula is C13H6ClF3N2O. The predicted molar refractivity (Wildman–Crippen MR) is 68.8 cm³/mol. The Hall–Kier alpha value is -2.08. The molecule has 0 saturated heterocycles. The van der Waals surface area contributed by atoms with Crippen molar-refractivity contribution in [3.8, 4) is 0 Å². The Morgan fingerprint density at radius 1 is 1.20 bits per heavy atom. The Balaban J connectivity index is 2.50. The van der Waals surface area contributed by atoms with Crippen LogP contribution in [0, 0.1) is 0 Å². The number of fused-ring (bicyclic) bond motifs is 3. The lowest BCUT2D eigenvalue weighted by molar-refractivity contribution is -0.139. The molecule has 0 fully saturated rings. The third-order valence-corrected chi connectivity index (χ3v) is 3.16. The van der Waals surface area contributed by atoms with E-state index < -0.39 is 22.8 Å². The molecule has 3 rings (SSSR count). The number of nitrogens with zero attached hydrogens (tertiary/aromatic N) is 1. The lowest BCUT2D eigenvalue weighted by Crippen LogP contribution is -2.11. The van der Waals surface area contributed by atoms with E-state index in [9.17, 15) is 18.0 Å². The molecule has 1 N–H and O–H groups in total. The molecule has 102 valence electrons. The standard InChI is InChI=1S/C13H6ClF3N2O/c14-12(20)9-5-7-6-3-1-2-4-8(6)18-10(7)11(19-9)13(15,16)17/h1-5,18H. The summed E-state index contributed by atoms with van der Waals surface area (Å²) in [6.45, 7) is 0. The topological polar surface area (TPSA) is 45.8 Å². The summed E-state index contributed by atoms with van der Waals surface area (Å²) in [5, 5.41) is -0.177. The number of carbonyl (C=O) groups is 1. The van der Waals surface area contributed by atoms with Crippen LogP contribution in [0.15, 0.2) is 30.3 Å². The molecule has 2 aromatic heterocycles. The molecule has 0 amide bonds. The molecule has 0 aliphatic rings. The smallest absolute Gasteiger partial charge is 0.353 e. The van der Waals surface area contributed by atoms with Crippen molar-refractivity contribution in [2.24, 2.45) is 0 Å². The van der Waals surface area contributed by atoms with Gasteiger partial charge in [-0.1, -0.05) is 18.2 Å². The van der Waals surface area contributed by atoms with E-state index in [0.717, 1.165) is 0 Å². The summed E-state index contributed by atoms with van der Waals surface area (Å²) in [4.78, 5) is 17.2. The van der Waals surface area contributed by atoms with Crippen LogP contribution in [-0.4, -0.2) is 15.2 Å². The number of rotatable bonds is 1. The van der Waals surface area contributed by atoms with Crippen molar-refractivity contribution in [2.75, 3.05) is 0 Å². The van der Waals surface area contributed by atoms with Crippen LogP contribution in [-0.2, 0) is 6.18 Å². The molecule has 3 nitrogen and oxygen atoms in total. The highest BCUT2D eigenvalue weighted by atomic mass is 35.5. The summed E-state index contributed by atoms with van der Waals surface area (Å²) in [7, 11) is 0. The van der Waals surface area contributed by atoms with E-state index in [-0.39, 0.29) is 10.9 Å². The first-order valence-corrected chi connectivity index (χ1v) is 5.94. The Kier molecular flexibility index (Phi) is 2.72. The molecule has 0 bridgehead atoms. The molecule has 0 saturated carbocycles. The van der Waals surface area contributed by atoms with Gasteiger partial charge in [0.2, 0.25) is 0 Å². The van der Waals surface area contributed by atoms with Crippen LogP contribution in [0.5, 0.6) is 0 Å². The highest BCUT2D eigenvalue weighted by Crippen LogP contribution is 2.36. The van der Waals surface area contributed by atoms with Crippen LogP contribution < -0.4 is 0 Å². The number of alkyl halides is 3. The van der Waals surface area contributed by atoms with Crippen molar-refractivity contribution in [2.45, 2.75) is 6.18 Å². The van der Waals surface area contributed by atoms with Crippen LogP contribution in [0.25, 0.3) is 21.8 Å². The number of hydrogen-bond donors (Lipinski definition) is 1. The fourth-order valence-electron chi connectivity index (χ4n) is 2.15. The highest BCUT2D eigenvalue weighted by Gasteiger charge is 2.36. The van der Waals surface area contributed by atoms with Crippen molar-refractivity contribution < 1.29 is 18.0 Å². The van der Waals surface area contributed by atoms with Crippen LogP contribution in [0.2, 0.25) is 0 Å². The number of carbonyl (C=O) groups excluding carboxylic acids is 1. The summed E-state index contributed by atoms with van der Waals surface area (Å²) in [6.07, 6.45) is -4.68. The van der Waals surface area contributed by atoms with E-state index in [0.29, 0.717) is 10.9 Å². The van der Waals surface area contributed by atoms with Gasteiger partial charge < -0.3 is 4.98 Å². The molecule has 20 heavy (non-hydrogen) atoms. The van der Waals surface area contributed by atoms with Gasteiger partial charge in [-0.2, -0.15) is 13.2 Å². The number of aromatic amines is 1. The van der Waals surface area contributed by atoms with Gasteiger partial charge in [0.15, 0.2) is 5.69 Å². The number of para-hydroxylation sites is 1. The Morgan fingerprint density at radius 2 is 1.90 bits per heavy atom. The fourth-order valence-corrected chi connectivity index (χ4v) is 2.25. The van der Waals surface area contributed by atoms with Gasteiger partial charge in [-0.15, -0.1) is 0 Å². The van der Waals surface area contributed by atoms with Gasteiger partial charge in [-0.3, -0.25) is 4.79 Å². The molecule has 0 unspecified atom stereocenters. The number of pyridine rings is 1. The number of aromatic nitrogens is 2. The quantitative estimate of drug-likeness (QED) is 0.687. The first-order valence-electron chi connectivity index (χ1n) is 5.56. The largest absolute Gasteiger partial charge is 0.435 e. The van der Waals surface area contributed by atoms with Crippen molar-refractivity contribution >= 4 is 38.6 Å². The lowest BCUT2D eigenvalue weighted by Gasteiger charge is -2.08. The molecule has 1 aromatic carbocycles. The molecule has 7 heteroatoms. The van der Waals surface area contributed by atoms with Gasteiger partial charge in [0.05, 0.1) is 5.52 Å². The van der Waals surface area contributed by atoms with Gasteiger partial charge in [0, 0.05) is 16.3 Å². The normalized spacial score (nSPS) is 12.2. The zero-order valence-corrected chi connectivity index (χ0v) is 10.5. The third kappa shape index (κ3) is 1.92. The van der Waals surface area contributed by atoms with E-state index in [1.165, 1.54) is 6.07 Å². The summed E-state index contributed by atoms with van der Waals surface area (Å²) in [5.41, 5.74) is -1.18. The van der Waals surface area contributed by atoms with Crippen LogP contribution in [0.4, 0.5) is 13.2 Å². The van der Waals surface area contributed by atoms with Gasteiger partial charge in [0.1, 0.15) is 5.69 Å². The molecule has 0 atom stereocenters. The molecule has 3 aromatic rings. The van der Waals surface area contributed by atoms with Crippen LogP contribution in [0.3, 0.4) is 0 Å². The third-order valence-electron chi connectivity index (χ3n) is 2.97. The molecular weight excluding hydrogens is 293 g/mol. The van der Waals surface area contributed by atoms with Crippen LogP contribution >= 0.6 is 11.6 Å². The molecule has 0 spiro atoms.